The van der Waals surface area contributed by atoms with Crippen LogP contribution in [0.5, 0.6) is 0 Å². The van der Waals surface area contributed by atoms with E-state index < -0.39 is 0 Å². The van der Waals surface area contributed by atoms with Crippen molar-refractivity contribution in [3.63, 3.8) is 0 Å². The molecule has 1 aromatic heterocycles. The highest BCUT2D eigenvalue weighted by Crippen LogP contribution is 2.32. The summed E-state index contributed by atoms with van der Waals surface area (Å²) in [6, 6.07) is 6.08. The number of halogens is 1. The SMILES string of the molecule is O=C(CCn1cncn1)N1CCCCc2c(Br)cccc21. The highest BCUT2D eigenvalue weighted by Gasteiger charge is 2.22. The lowest BCUT2D eigenvalue weighted by molar-refractivity contribution is -0.118. The summed E-state index contributed by atoms with van der Waals surface area (Å²) in [5.74, 6) is 0.145. The standard InChI is InChI=1S/C15H17BrN4O/c16-13-5-3-6-14-12(13)4-1-2-8-20(14)15(21)7-9-19-11-17-10-18-19/h3,5-6,10-11H,1-2,4,7-9H2. The van der Waals surface area contributed by atoms with E-state index >= 15 is 0 Å². The van der Waals surface area contributed by atoms with Gasteiger partial charge in [-0.1, -0.05) is 22.0 Å². The van der Waals surface area contributed by atoms with Crippen LogP contribution in [0.15, 0.2) is 35.3 Å². The van der Waals surface area contributed by atoms with Gasteiger partial charge in [-0.3, -0.25) is 9.48 Å². The molecule has 3 rings (SSSR count). The zero-order valence-corrected chi connectivity index (χ0v) is 13.3. The van der Waals surface area contributed by atoms with E-state index in [1.54, 1.807) is 11.0 Å². The molecule has 0 unspecified atom stereocenters. The molecule has 0 N–H and O–H groups in total. The molecule has 0 saturated carbocycles. The molecular formula is C15H17BrN4O. The molecule has 0 atom stereocenters. The smallest absolute Gasteiger partial charge is 0.228 e. The van der Waals surface area contributed by atoms with E-state index in [2.05, 4.69) is 26.0 Å². The van der Waals surface area contributed by atoms with Crippen LogP contribution < -0.4 is 4.90 Å². The number of nitrogens with zero attached hydrogens (tertiary/aromatic N) is 4. The Labute approximate surface area is 132 Å². The van der Waals surface area contributed by atoms with E-state index in [0.29, 0.717) is 13.0 Å². The molecule has 2 heterocycles. The van der Waals surface area contributed by atoms with Gasteiger partial charge in [-0.2, -0.15) is 5.10 Å². The monoisotopic (exact) mass is 348 g/mol. The molecular weight excluding hydrogens is 332 g/mol. The van der Waals surface area contributed by atoms with E-state index in [1.807, 2.05) is 23.1 Å². The first-order valence-electron chi connectivity index (χ1n) is 7.16. The minimum Gasteiger partial charge on any atom is -0.312 e. The van der Waals surface area contributed by atoms with Crippen LogP contribution in [0.1, 0.15) is 24.8 Å². The quantitative estimate of drug-likeness (QED) is 0.856. The summed E-state index contributed by atoms with van der Waals surface area (Å²) in [7, 11) is 0. The van der Waals surface area contributed by atoms with Crippen LogP contribution in [0.3, 0.4) is 0 Å². The lowest BCUT2D eigenvalue weighted by Crippen LogP contribution is -2.32. The molecule has 0 aliphatic carbocycles. The Morgan fingerprint density at radius 3 is 3.05 bits per heavy atom. The topological polar surface area (TPSA) is 51.0 Å². The van der Waals surface area contributed by atoms with Gasteiger partial charge in [0.05, 0.1) is 6.54 Å². The summed E-state index contributed by atoms with van der Waals surface area (Å²) in [6.07, 6.45) is 6.74. The number of aromatic nitrogens is 3. The van der Waals surface area contributed by atoms with Gasteiger partial charge in [-0.05, 0) is 37.0 Å². The van der Waals surface area contributed by atoms with Crippen molar-refractivity contribution < 1.29 is 4.79 Å². The number of carbonyl (C=O) groups is 1. The number of hydrogen-bond donors (Lipinski definition) is 0. The second kappa shape index (κ2) is 6.39. The van der Waals surface area contributed by atoms with E-state index in [1.165, 1.54) is 11.9 Å². The van der Waals surface area contributed by atoms with Crippen molar-refractivity contribution in [2.24, 2.45) is 0 Å². The molecule has 0 spiro atoms. The van der Waals surface area contributed by atoms with Crippen molar-refractivity contribution in [3.8, 4) is 0 Å². The molecule has 1 aromatic carbocycles. The fraction of sp³-hybridized carbons (Fsp3) is 0.400. The van der Waals surface area contributed by atoms with Gasteiger partial charge in [-0.15, -0.1) is 0 Å². The largest absolute Gasteiger partial charge is 0.312 e. The normalized spacial score (nSPS) is 14.6. The molecule has 5 nitrogen and oxygen atoms in total. The minimum absolute atomic E-state index is 0.145. The molecule has 6 heteroatoms. The van der Waals surface area contributed by atoms with E-state index in [0.717, 1.165) is 36.0 Å². The number of amides is 1. The molecule has 1 aliphatic rings. The Kier molecular flexibility index (Phi) is 4.34. The van der Waals surface area contributed by atoms with E-state index in [-0.39, 0.29) is 5.91 Å². The first-order valence-corrected chi connectivity index (χ1v) is 7.95. The maximum absolute atomic E-state index is 12.6. The van der Waals surface area contributed by atoms with Crippen LogP contribution in [0.4, 0.5) is 5.69 Å². The van der Waals surface area contributed by atoms with Gasteiger partial charge in [0.15, 0.2) is 0 Å². The minimum atomic E-state index is 0.145. The summed E-state index contributed by atoms with van der Waals surface area (Å²) >= 11 is 3.60. The van der Waals surface area contributed by atoms with Crippen LogP contribution in [-0.4, -0.2) is 27.2 Å². The fourth-order valence-corrected chi connectivity index (χ4v) is 3.25. The van der Waals surface area contributed by atoms with Crippen LogP contribution in [-0.2, 0) is 17.8 Å². The number of rotatable bonds is 3. The van der Waals surface area contributed by atoms with Gasteiger partial charge in [-0.25, -0.2) is 4.98 Å². The Morgan fingerprint density at radius 1 is 1.33 bits per heavy atom. The maximum atomic E-state index is 12.6. The zero-order valence-electron chi connectivity index (χ0n) is 11.7. The number of fused-ring (bicyclic) bond motifs is 1. The van der Waals surface area contributed by atoms with Crippen molar-refractivity contribution in [3.05, 3.63) is 40.9 Å². The molecule has 0 bridgehead atoms. The Hall–Kier alpha value is -1.69. The number of carbonyl (C=O) groups excluding carboxylic acids is 1. The second-order valence-electron chi connectivity index (χ2n) is 5.15. The van der Waals surface area contributed by atoms with E-state index in [9.17, 15) is 4.79 Å². The van der Waals surface area contributed by atoms with Crippen LogP contribution >= 0.6 is 15.9 Å². The molecule has 2 aromatic rings. The highest BCUT2D eigenvalue weighted by molar-refractivity contribution is 9.10. The van der Waals surface area contributed by atoms with Crippen molar-refractivity contribution in [1.29, 1.82) is 0 Å². The number of anilines is 1. The molecule has 0 radical (unpaired) electrons. The molecule has 21 heavy (non-hydrogen) atoms. The lowest BCUT2D eigenvalue weighted by Gasteiger charge is -2.23. The average molecular weight is 349 g/mol. The Balaban J connectivity index is 1.78. The van der Waals surface area contributed by atoms with Gasteiger partial charge < -0.3 is 4.90 Å². The lowest BCUT2D eigenvalue weighted by atomic mass is 10.1. The maximum Gasteiger partial charge on any atom is 0.228 e. The summed E-state index contributed by atoms with van der Waals surface area (Å²) in [5, 5.41) is 4.04. The third kappa shape index (κ3) is 3.15. The molecule has 0 saturated heterocycles. The summed E-state index contributed by atoms with van der Waals surface area (Å²) in [4.78, 5) is 18.4. The van der Waals surface area contributed by atoms with Crippen molar-refractivity contribution in [2.45, 2.75) is 32.2 Å². The summed E-state index contributed by atoms with van der Waals surface area (Å²) < 4.78 is 2.79. The third-order valence-corrected chi connectivity index (χ3v) is 4.51. The predicted octanol–water partition coefficient (Wildman–Crippen LogP) is 2.80. The van der Waals surface area contributed by atoms with Crippen molar-refractivity contribution in [2.75, 3.05) is 11.4 Å². The second-order valence-corrected chi connectivity index (χ2v) is 6.00. The van der Waals surface area contributed by atoms with Crippen molar-refractivity contribution >= 4 is 27.5 Å². The first kappa shape index (κ1) is 14.3. The van der Waals surface area contributed by atoms with Crippen molar-refractivity contribution in [1.82, 2.24) is 14.8 Å². The number of aryl methyl sites for hydroxylation is 1. The van der Waals surface area contributed by atoms with Gasteiger partial charge in [0.25, 0.3) is 0 Å². The van der Waals surface area contributed by atoms with Gasteiger partial charge in [0.2, 0.25) is 5.91 Å². The summed E-state index contributed by atoms with van der Waals surface area (Å²) in [6.45, 7) is 1.36. The van der Waals surface area contributed by atoms with Gasteiger partial charge >= 0.3 is 0 Å². The Morgan fingerprint density at radius 2 is 2.24 bits per heavy atom. The average Bonchev–Trinajstić information content (AvgIpc) is 2.90. The van der Waals surface area contributed by atoms with Crippen LogP contribution in [0, 0.1) is 0 Å². The van der Waals surface area contributed by atoms with Gasteiger partial charge in [0, 0.05) is 23.1 Å². The highest BCUT2D eigenvalue weighted by atomic mass is 79.9. The molecule has 1 amide bonds. The van der Waals surface area contributed by atoms with Crippen LogP contribution in [0.2, 0.25) is 0 Å². The fourth-order valence-electron chi connectivity index (χ4n) is 2.69. The summed E-state index contributed by atoms with van der Waals surface area (Å²) in [5.41, 5.74) is 2.29. The van der Waals surface area contributed by atoms with Gasteiger partial charge in [0.1, 0.15) is 12.7 Å². The first-order chi connectivity index (χ1) is 10.3. The predicted molar refractivity (Wildman–Crippen MR) is 84.1 cm³/mol. The molecule has 1 aliphatic heterocycles. The third-order valence-electron chi connectivity index (χ3n) is 3.77. The molecule has 0 fully saturated rings. The Bertz CT molecular complexity index is 627. The van der Waals surface area contributed by atoms with Crippen LogP contribution in [0.25, 0.3) is 0 Å². The number of hydrogen-bond acceptors (Lipinski definition) is 3. The van der Waals surface area contributed by atoms with E-state index in [4.69, 9.17) is 0 Å². The zero-order chi connectivity index (χ0) is 14.7. The number of benzene rings is 1. The molecule has 110 valence electrons.